The number of halogens is 2. The number of aliphatic imine (C=N–C) groups is 1. The van der Waals surface area contributed by atoms with Gasteiger partial charge in [0.15, 0.2) is 17.7 Å². The molecule has 0 bridgehead atoms. The van der Waals surface area contributed by atoms with Crippen LogP contribution >= 0.6 is 15.9 Å². The Labute approximate surface area is 195 Å². The van der Waals surface area contributed by atoms with Crippen LogP contribution in [0.15, 0.2) is 56.8 Å². The predicted octanol–water partition coefficient (Wildman–Crippen LogP) is 2.93. The Balaban J connectivity index is 1.66. The van der Waals surface area contributed by atoms with Crippen molar-refractivity contribution < 1.29 is 14.2 Å². The van der Waals surface area contributed by atoms with Crippen molar-refractivity contribution in [1.29, 1.82) is 10.7 Å². The Bertz CT molecular complexity index is 1180. The summed E-state index contributed by atoms with van der Waals surface area (Å²) in [7, 11) is 0. The molecule has 0 saturated carbocycles. The van der Waals surface area contributed by atoms with Gasteiger partial charge < -0.3 is 10.6 Å². The van der Waals surface area contributed by atoms with E-state index in [9.17, 15) is 9.60 Å². The molecule has 0 fully saturated rings. The lowest BCUT2D eigenvalue weighted by Gasteiger charge is -2.17. The summed E-state index contributed by atoms with van der Waals surface area (Å²) in [6.07, 6.45) is 5.01. The average molecular weight is 517 g/mol. The molecule has 0 aliphatic carbocycles. The number of hydrogen-bond donors (Lipinski definition) is 5. The van der Waals surface area contributed by atoms with Gasteiger partial charge in [-0.05, 0) is 63.5 Å². The van der Waals surface area contributed by atoms with Crippen molar-refractivity contribution >= 4 is 44.9 Å². The van der Waals surface area contributed by atoms with Crippen LogP contribution in [0.5, 0.6) is 0 Å². The quantitative estimate of drug-likeness (QED) is 0.103. The van der Waals surface area contributed by atoms with Gasteiger partial charge in [0.1, 0.15) is 5.82 Å². The molecule has 3 rings (SSSR count). The van der Waals surface area contributed by atoms with Gasteiger partial charge in [-0.3, -0.25) is 20.9 Å². The Morgan fingerprint density at radius 2 is 2.12 bits per heavy atom. The summed E-state index contributed by atoms with van der Waals surface area (Å²) in [5.74, 6) is -0.631. The van der Waals surface area contributed by atoms with E-state index in [1.807, 2.05) is 6.19 Å². The first kappa shape index (κ1) is 23.6. The van der Waals surface area contributed by atoms with E-state index >= 15 is 0 Å². The van der Waals surface area contributed by atoms with Gasteiger partial charge in [-0.1, -0.05) is 0 Å². The highest BCUT2D eigenvalue weighted by Crippen LogP contribution is 2.24. The van der Waals surface area contributed by atoms with Gasteiger partial charge in [-0.15, -0.1) is 0 Å². The van der Waals surface area contributed by atoms with Gasteiger partial charge in [0, 0.05) is 24.6 Å². The minimum absolute atomic E-state index is 0.0700. The summed E-state index contributed by atoms with van der Waals surface area (Å²) < 4.78 is 18.3. The first-order chi connectivity index (χ1) is 15.9. The number of rotatable bonds is 7. The van der Waals surface area contributed by atoms with E-state index in [-0.39, 0.29) is 40.2 Å². The molecule has 0 radical (unpaired) electrons. The number of hydrogen-bond acceptors (Lipinski definition) is 9. The van der Waals surface area contributed by atoms with Gasteiger partial charge in [0.05, 0.1) is 16.2 Å². The van der Waals surface area contributed by atoms with Crippen molar-refractivity contribution in [2.75, 3.05) is 22.2 Å². The number of aromatic nitrogens is 3. The van der Waals surface area contributed by atoms with Crippen LogP contribution in [0.2, 0.25) is 0 Å². The minimum Gasteiger partial charge on any atom is -0.363 e. The van der Waals surface area contributed by atoms with E-state index in [0.717, 1.165) is 6.07 Å². The number of anilines is 3. The molecule has 0 aliphatic rings. The van der Waals surface area contributed by atoms with Gasteiger partial charge in [-0.2, -0.15) is 5.26 Å². The molecule has 1 aromatic carbocycles. The second-order valence-corrected chi connectivity index (χ2v) is 7.38. The van der Waals surface area contributed by atoms with Crippen molar-refractivity contribution in [3.63, 3.8) is 0 Å². The SMILES string of the molecule is CC(CNc1nonc1C(=N)N(O)c1ccc(F)c(Br)c1)N=C(NC#N)Nc1ccncc1. The number of benzene rings is 1. The van der Waals surface area contributed by atoms with Gasteiger partial charge >= 0.3 is 0 Å². The molecule has 33 heavy (non-hydrogen) atoms. The lowest BCUT2D eigenvalue weighted by Crippen LogP contribution is -2.30. The highest BCUT2D eigenvalue weighted by molar-refractivity contribution is 9.10. The number of nitrogens with zero attached hydrogens (tertiary/aromatic N) is 6. The summed E-state index contributed by atoms with van der Waals surface area (Å²) in [6, 6.07) is 6.83. The van der Waals surface area contributed by atoms with E-state index in [2.05, 4.69) is 52.2 Å². The number of amidine groups is 1. The van der Waals surface area contributed by atoms with E-state index in [1.54, 1.807) is 31.5 Å². The number of nitriles is 1. The molecule has 1 atom stereocenters. The summed E-state index contributed by atoms with van der Waals surface area (Å²) in [5, 5.41) is 43.8. The summed E-state index contributed by atoms with van der Waals surface area (Å²) in [5.41, 5.74) is 0.757. The van der Waals surface area contributed by atoms with Gasteiger partial charge in [0.25, 0.3) is 0 Å². The van der Waals surface area contributed by atoms with Gasteiger partial charge in [0.2, 0.25) is 11.8 Å². The topological polar surface area (TPSA) is 171 Å². The molecule has 1 unspecified atom stereocenters. The standard InChI is InChI=1S/C19H18BrFN10O2/c1-11(27-19(26-10-22)28-12-4-6-24-7-5-12)9-25-18-16(29-33-30-18)17(23)31(32)13-2-3-15(21)14(20)8-13/h2-8,11,23,32H,9H2,1H3,(H,25,30)(H2,24,26,27,28). The predicted molar refractivity (Wildman–Crippen MR) is 121 cm³/mol. The first-order valence-electron chi connectivity index (χ1n) is 9.38. The lowest BCUT2D eigenvalue weighted by atomic mass is 10.2. The van der Waals surface area contributed by atoms with Crippen molar-refractivity contribution in [3.8, 4) is 6.19 Å². The van der Waals surface area contributed by atoms with Crippen molar-refractivity contribution in [3.05, 3.63) is 58.7 Å². The molecule has 170 valence electrons. The number of hydroxylamine groups is 1. The van der Waals surface area contributed by atoms with E-state index < -0.39 is 11.7 Å². The average Bonchev–Trinajstić information content (AvgIpc) is 3.28. The van der Waals surface area contributed by atoms with Crippen LogP contribution in [0, 0.1) is 22.7 Å². The number of pyridine rings is 1. The highest BCUT2D eigenvalue weighted by atomic mass is 79.9. The first-order valence-corrected chi connectivity index (χ1v) is 10.2. The lowest BCUT2D eigenvalue weighted by molar-refractivity contribution is 0.300. The summed E-state index contributed by atoms with van der Waals surface area (Å²) >= 11 is 3.03. The third kappa shape index (κ3) is 6.21. The second-order valence-electron chi connectivity index (χ2n) is 6.53. The third-order valence-electron chi connectivity index (χ3n) is 4.10. The molecule has 0 saturated heterocycles. The molecule has 3 aromatic rings. The Hall–Kier alpha value is -4.09. The monoisotopic (exact) mass is 516 g/mol. The van der Waals surface area contributed by atoms with E-state index in [1.165, 1.54) is 12.1 Å². The van der Waals surface area contributed by atoms with Crippen molar-refractivity contribution in [2.24, 2.45) is 4.99 Å². The molecular weight excluding hydrogens is 499 g/mol. The Morgan fingerprint density at radius 1 is 1.36 bits per heavy atom. The zero-order chi connectivity index (χ0) is 23.8. The largest absolute Gasteiger partial charge is 0.363 e. The smallest absolute Gasteiger partial charge is 0.209 e. The number of nitrogens with one attached hydrogen (secondary N) is 4. The van der Waals surface area contributed by atoms with Crippen LogP contribution in [0.25, 0.3) is 0 Å². The molecule has 2 aromatic heterocycles. The van der Waals surface area contributed by atoms with Crippen LogP contribution < -0.4 is 21.0 Å². The van der Waals surface area contributed by atoms with E-state index in [4.69, 9.17) is 15.3 Å². The van der Waals surface area contributed by atoms with Crippen LogP contribution in [-0.2, 0) is 0 Å². The van der Waals surface area contributed by atoms with Crippen LogP contribution in [0.1, 0.15) is 12.6 Å². The van der Waals surface area contributed by atoms with Crippen LogP contribution in [0.3, 0.4) is 0 Å². The van der Waals surface area contributed by atoms with Gasteiger partial charge in [-0.25, -0.2) is 19.1 Å². The fraction of sp³-hybridized carbons (Fsp3) is 0.158. The molecule has 14 heteroatoms. The zero-order valence-corrected chi connectivity index (χ0v) is 18.7. The van der Waals surface area contributed by atoms with Crippen LogP contribution in [-0.4, -0.2) is 44.9 Å². The Morgan fingerprint density at radius 3 is 2.82 bits per heavy atom. The maximum atomic E-state index is 13.4. The molecule has 12 nitrogen and oxygen atoms in total. The summed E-state index contributed by atoms with van der Waals surface area (Å²) in [4.78, 5) is 8.32. The summed E-state index contributed by atoms with van der Waals surface area (Å²) in [6.45, 7) is 2.02. The molecule has 0 amide bonds. The zero-order valence-electron chi connectivity index (χ0n) is 17.1. The molecule has 0 spiro atoms. The molecular formula is C19H18BrFN10O2. The Kier molecular flexibility index (Phi) is 7.84. The molecule has 0 aliphatic heterocycles. The molecule has 5 N–H and O–H groups in total. The van der Waals surface area contributed by atoms with Crippen molar-refractivity contribution in [2.45, 2.75) is 13.0 Å². The maximum absolute atomic E-state index is 13.4. The normalized spacial score (nSPS) is 11.9. The maximum Gasteiger partial charge on any atom is 0.209 e. The van der Waals surface area contributed by atoms with Crippen molar-refractivity contribution in [1.82, 2.24) is 20.6 Å². The number of guanidine groups is 1. The third-order valence-corrected chi connectivity index (χ3v) is 4.71. The fourth-order valence-electron chi connectivity index (χ4n) is 2.54. The van der Waals surface area contributed by atoms with E-state index in [0.29, 0.717) is 10.8 Å². The minimum atomic E-state index is -0.512. The fourth-order valence-corrected chi connectivity index (χ4v) is 2.90. The molecule has 2 heterocycles. The highest BCUT2D eigenvalue weighted by Gasteiger charge is 2.22. The second kappa shape index (κ2) is 11.0. The van der Waals surface area contributed by atoms with Crippen LogP contribution in [0.4, 0.5) is 21.6 Å².